The summed E-state index contributed by atoms with van der Waals surface area (Å²) in [5.74, 6) is -3.53. The van der Waals surface area contributed by atoms with E-state index in [1.54, 1.807) is 0 Å². The summed E-state index contributed by atoms with van der Waals surface area (Å²) in [4.78, 5) is 12.7. The molecule has 1 saturated heterocycles. The van der Waals surface area contributed by atoms with Gasteiger partial charge in [-0.1, -0.05) is 0 Å². The average Bonchev–Trinajstić information content (AvgIpc) is 2.03. The van der Waals surface area contributed by atoms with Crippen LogP contribution in [0.4, 0.5) is 4.79 Å². The molecule has 0 radical (unpaired) electrons. The lowest BCUT2D eigenvalue weighted by molar-refractivity contribution is 0.0545. The second-order valence-corrected chi connectivity index (χ2v) is 7.00. The highest BCUT2D eigenvalue weighted by molar-refractivity contribution is 8.07. The molecule has 0 aromatic carbocycles. The Kier molecular flexibility index (Phi) is 3.86. The summed E-state index contributed by atoms with van der Waals surface area (Å²) >= 11 is 10.4. The molecule has 0 saturated carbocycles. The van der Waals surface area contributed by atoms with Crippen LogP contribution in [0.25, 0.3) is 0 Å². The van der Waals surface area contributed by atoms with Crippen molar-refractivity contribution >= 4 is 34.5 Å². The van der Waals surface area contributed by atoms with E-state index in [-0.39, 0.29) is 0 Å². The molecule has 0 aromatic rings. The number of carbonyl (C=O) groups is 1. The summed E-state index contributed by atoms with van der Waals surface area (Å²) in [5.41, 5.74) is 0. The first-order valence-electron chi connectivity index (χ1n) is 3.63. The lowest BCUT2D eigenvalue weighted by Gasteiger charge is -2.26. The first-order chi connectivity index (χ1) is 5.99. The topological polar surface area (TPSA) is 58.6 Å². The maximum absolute atomic E-state index is 11.2. The predicted octanol–water partition coefficient (Wildman–Crippen LogP) is 1.61. The van der Waals surface area contributed by atoms with Crippen LogP contribution < -0.4 is 5.09 Å². The van der Waals surface area contributed by atoms with Crippen molar-refractivity contribution in [2.75, 3.05) is 26.3 Å². The Bertz CT molecular complexity index is 238. The molecule has 76 valence electrons. The van der Waals surface area contributed by atoms with Gasteiger partial charge in [0.25, 0.3) is 0 Å². The van der Waals surface area contributed by atoms with Gasteiger partial charge in [-0.05, 0) is 22.5 Å². The molecule has 0 unspecified atom stereocenters. The van der Waals surface area contributed by atoms with Crippen LogP contribution in [0.15, 0.2) is 0 Å². The van der Waals surface area contributed by atoms with Crippen molar-refractivity contribution in [1.29, 1.82) is 0 Å². The number of rotatable bonds is 1. The number of hydrogen-bond donors (Lipinski definition) is 1. The maximum Gasteiger partial charge on any atom is 0.346 e. The molecule has 0 bridgehead atoms. The predicted molar refractivity (Wildman–Crippen MR) is 50.2 cm³/mol. The highest BCUT2D eigenvalue weighted by Crippen LogP contribution is 2.52. The number of hydrogen-bond acceptors (Lipinski definition) is 3. The molecule has 1 rings (SSSR count). The number of halogens is 2. The number of nitrogens with one attached hydrogen (secondary N) is 1. The third kappa shape index (κ3) is 4.18. The molecular formula is C5H9Cl2N2O3P. The molecule has 2 amide bonds. The fraction of sp³-hybridized carbons (Fsp3) is 0.800. The number of amides is 2. The fourth-order valence-corrected chi connectivity index (χ4v) is 1.75. The number of urea groups is 1. The van der Waals surface area contributed by atoms with Crippen LogP contribution in [0.5, 0.6) is 0 Å². The van der Waals surface area contributed by atoms with Crippen LogP contribution in [0.1, 0.15) is 0 Å². The zero-order chi connectivity index (χ0) is 9.90. The SMILES string of the molecule is O=C(NP(=O)(Cl)Cl)N1CCOCC1. The summed E-state index contributed by atoms with van der Waals surface area (Å²) < 4.78 is 15.8. The van der Waals surface area contributed by atoms with Gasteiger partial charge >= 0.3 is 12.0 Å². The molecule has 1 heterocycles. The molecule has 1 aliphatic heterocycles. The minimum Gasteiger partial charge on any atom is -0.378 e. The molecule has 13 heavy (non-hydrogen) atoms. The molecular weight excluding hydrogens is 238 g/mol. The van der Waals surface area contributed by atoms with Crippen molar-refractivity contribution < 1.29 is 14.1 Å². The summed E-state index contributed by atoms with van der Waals surface area (Å²) in [7, 11) is 0. The molecule has 5 nitrogen and oxygen atoms in total. The van der Waals surface area contributed by atoms with Gasteiger partial charge in [-0.3, -0.25) is 9.65 Å². The average molecular weight is 247 g/mol. The maximum atomic E-state index is 11.2. The highest BCUT2D eigenvalue weighted by Gasteiger charge is 2.23. The minimum atomic E-state index is -3.53. The Labute approximate surface area is 85.3 Å². The van der Waals surface area contributed by atoms with E-state index < -0.39 is 12.0 Å². The Morgan fingerprint density at radius 2 is 1.92 bits per heavy atom. The first-order valence-corrected chi connectivity index (χ1v) is 7.15. The lowest BCUT2D eigenvalue weighted by atomic mass is 10.4. The van der Waals surface area contributed by atoms with Gasteiger partial charge in [-0.2, -0.15) is 0 Å². The number of ether oxygens (including phenoxy) is 1. The van der Waals surface area contributed by atoms with Gasteiger partial charge in [0.15, 0.2) is 0 Å². The Morgan fingerprint density at radius 3 is 2.38 bits per heavy atom. The third-order valence-electron chi connectivity index (χ3n) is 1.52. The van der Waals surface area contributed by atoms with E-state index in [2.05, 4.69) is 0 Å². The Morgan fingerprint density at radius 1 is 1.38 bits per heavy atom. The second-order valence-electron chi connectivity index (χ2n) is 2.48. The van der Waals surface area contributed by atoms with Crippen molar-refractivity contribution in [3.63, 3.8) is 0 Å². The van der Waals surface area contributed by atoms with Gasteiger partial charge in [0, 0.05) is 13.1 Å². The van der Waals surface area contributed by atoms with Crippen molar-refractivity contribution in [2.24, 2.45) is 0 Å². The quantitative estimate of drug-likeness (QED) is 0.716. The summed E-state index contributed by atoms with van der Waals surface area (Å²) in [6.07, 6.45) is 0. The second kappa shape index (κ2) is 4.51. The summed E-state index contributed by atoms with van der Waals surface area (Å²) in [6, 6.07) is -0.517. The minimum absolute atomic E-state index is 0.458. The van der Waals surface area contributed by atoms with Gasteiger partial charge in [-0.25, -0.2) is 4.79 Å². The van der Waals surface area contributed by atoms with Crippen LogP contribution in [0, 0.1) is 0 Å². The van der Waals surface area contributed by atoms with Crippen molar-refractivity contribution in [3.05, 3.63) is 0 Å². The van der Waals surface area contributed by atoms with Crippen molar-refractivity contribution in [3.8, 4) is 0 Å². The van der Waals surface area contributed by atoms with Crippen LogP contribution in [0.3, 0.4) is 0 Å². The van der Waals surface area contributed by atoms with E-state index in [1.807, 2.05) is 5.09 Å². The molecule has 0 atom stereocenters. The monoisotopic (exact) mass is 246 g/mol. The molecule has 8 heteroatoms. The molecule has 1 fully saturated rings. The number of carbonyl (C=O) groups excluding carboxylic acids is 1. The van der Waals surface area contributed by atoms with E-state index in [1.165, 1.54) is 4.90 Å². The van der Waals surface area contributed by atoms with E-state index in [0.29, 0.717) is 26.3 Å². The van der Waals surface area contributed by atoms with E-state index in [9.17, 15) is 9.36 Å². The molecule has 0 spiro atoms. The van der Waals surface area contributed by atoms with Gasteiger partial charge < -0.3 is 9.64 Å². The van der Waals surface area contributed by atoms with Crippen LogP contribution in [0.2, 0.25) is 0 Å². The molecule has 1 N–H and O–H groups in total. The molecule has 0 aromatic heterocycles. The molecule has 0 aliphatic carbocycles. The van der Waals surface area contributed by atoms with Crippen molar-refractivity contribution in [2.45, 2.75) is 0 Å². The molecule has 1 aliphatic rings. The Balaban J connectivity index is 2.42. The van der Waals surface area contributed by atoms with Crippen LogP contribution >= 0.6 is 28.5 Å². The zero-order valence-electron chi connectivity index (χ0n) is 6.70. The van der Waals surface area contributed by atoms with Gasteiger partial charge in [0.1, 0.15) is 0 Å². The normalized spacial score (nSPS) is 18.5. The number of nitrogens with zero attached hydrogens (tertiary/aromatic N) is 1. The smallest absolute Gasteiger partial charge is 0.346 e. The van der Waals surface area contributed by atoms with Crippen LogP contribution in [-0.4, -0.2) is 37.2 Å². The van der Waals surface area contributed by atoms with E-state index in [0.717, 1.165) is 0 Å². The van der Waals surface area contributed by atoms with E-state index in [4.69, 9.17) is 27.2 Å². The zero-order valence-corrected chi connectivity index (χ0v) is 9.11. The largest absolute Gasteiger partial charge is 0.378 e. The first kappa shape index (κ1) is 11.1. The number of morpholine rings is 1. The van der Waals surface area contributed by atoms with Crippen LogP contribution in [-0.2, 0) is 9.30 Å². The summed E-state index contributed by atoms with van der Waals surface area (Å²) in [6.45, 7) is 1.86. The fourth-order valence-electron chi connectivity index (χ4n) is 0.948. The lowest BCUT2D eigenvalue weighted by Crippen LogP contribution is -2.44. The summed E-state index contributed by atoms with van der Waals surface area (Å²) in [5, 5.41) is 2.01. The van der Waals surface area contributed by atoms with E-state index >= 15 is 0 Å². The third-order valence-corrected chi connectivity index (χ3v) is 2.48. The van der Waals surface area contributed by atoms with Gasteiger partial charge in [0.05, 0.1) is 13.2 Å². The standard InChI is InChI=1S/C5H9Cl2N2O3P/c6-13(7,11)8-5(10)9-1-3-12-4-2-9/h1-4H2,(H,8,10,11). The highest BCUT2D eigenvalue weighted by atomic mass is 35.9. The van der Waals surface area contributed by atoms with Gasteiger partial charge in [0.2, 0.25) is 0 Å². The van der Waals surface area contributed by atoms with Crippen molar-refractivity contribution in [1.82, 2.24) is 9.99 Å². The van der Waals surface area contributed by atoms with Gasteiger partial charge in [-0.15, -0.1) is 0 Å². The Hall–Kier alpha value is 0.0400.